The van der Waals surface area contributed by atoms with Crippen LogP contribution in [-0.2, 0) is 54.2 Å². The monoisotopic (exact) mass is 724 g/mol. The van der Waals surface area contributed by atoms with Crippen LogP contribution in [0.4, 0.5) is 0 Å². The maximum Gasteiger partial charge on any atom is 2.00 e. The Labute approximate surface area is 315 Å². The first-order chi connectivity index (χ1) is 22.0. The minimum Gasteiger partial charge on any atom is -0.872 e. The SMILES string of the molecule is CN(Cc1cc(C(C)(C)C)cc(C(C)(C)C)c1[O-])C1CCCCC1.CN(Cc1cc(C(C)(C)C)cc(C(C)(C)C)c1[O-])C1CCCCC1.[Zn+2]. The van der Waals surface area contributed by atoms with Crippen molar-refractivity contribution in [1.82, 2.24) is 9.80 Å². The third-order valence-electron chi connectivity index (χ3n) is 10.9. The Bertz CT molecular complexity index is 1220. The fourth-order valence-corrected chi connectivity index (χ4v) is 7.43. The maximum absolute atomic E-state index is 13.1. The Hall–Kier alpha value is -1.42. The molecule has 2 aromatic carbocycles. The normalized spacial score (nSPS) is 17.1. The molecular weight excluding hydrogens is 654 g/mol. The van der Waals surface area contributed by atoms with Crippen molar-refractivity contribution in [2.75, 3.05) is 14.1 Å². The van der Waals surface area contributed by atoms with Crippen LogP contribution in [0.1, 0.15) is 181 Å². The van der Waals surface area contributed by atoms with Crippen molar-refractivity contribution in [3.63, 3.8) is 0 Å². The summed E-state index contributed by atoms with van der Waals surface area (Å²) >= 11 is 0. The fraction of sp³-hybridized carbons (Fsp3) is 0.727. The number of benzene rings is 2. The summed E-state index contributed by atoms with van der Waals surface area (Å²) in [6.07, 6.45) is 13.1. The molecule has 2 aliphatic rings. The van der Waals surface area contributed by atoms with Gasteiger partial charge >= 0.3 is 19.5 Å². The Kier molecular flexibility index (Phi) is 15.5. The average Bonchev–Trinajstić information content (AvgIpc) is 2.98. The molecule has 2 fully saturated rings. The van der Waals surface area contributed by atoms with Gasteiger partial charge in [0.05, 0.1) is 0 Å². The summed E-state index contributed by atoms with van der Waals surface area (Å²) in [5.74, 6) is 0.497. The van der Waals surface area contributed by atoms with Gasteiger partial charge in [-0.1, -0.05) is 146 Å². The van der Waals surface area contributed by atoms with Crippen LogP contribution < -0.4 is 10.2 Å². The van der Waals surface area contributed by atoms with E-state index in [-0.39, 0.29) is 52.6 Å². The Morgan fingerprint density at radius 3 is 1.02 bits per heavy atom. The molecule has 49 heavy (non-hydrogen) atoms. The van der Waals surface area contributed by atoms with Crippen LogP contribution in [0, 0.1) is 0 Å². The molecule has 0 amide bonds. The molecule has 4 rings (SSSR count). The summed E-state index contributed by atoms with van der Waals surface area (Å²) in [7, 11) is 4.38. The molecule has 0 saturated heterocycles. The minimum absolute atomic E-state index is 0. The van der Waals surface area contributed by atoms with Crippen molar-refractivity contribution in [3.05, 3.63) is 57.6 Å². The van der Waals surface area contributed by atoms with Gasteiger partial charge in [0, 0.05) is 25.2 Å². The van der Waals surface area contributed by atoms with Gasteiger partial charge in [0.1, 0.15) is 0 Å². The molecule has 0 heterocycles. The predicted octanol–water partition coefficient (Wildman–Crippen LogP) is 10.2. The molecule has 0 bridgehead atoms. The first-order valence-corrected chi connectivity index (χ1v) is 19.1. The average molecular weight is 726 g/mol. The number of rotatable bonds is 6. The van der Waals surface area contributed by atoms with Crippen LogP contribution >= 0.6 is 0 Å². The zero-order valence-corrected chi connectivity index (χ0v) is 37.3. The molecular formula is C44H72N2O2Zn. The summed E-state index contributed by atoms with van der Waals surface area (Å²) in [5.41, 5.74) is 6.31. The molecule has 0 aromatic heterocycles. The van der Waals surface area contributed by atoms with Crippen LogP contribution in [0.25, 0.3) is 0 Å². The van der Waals surface area contributed by atoms with E-state index in [2.05, 4.69) is 131 Å². The summed E-state index contributed by atoms with van der Waals surface area (Å²) in [5, 5.41) is 26.2. The van der Waals surface area contributed by atoms with Crippen LogP contribution in [0.2, 0.25) is 0 Å². The van der Waals surface area contributed by atoms with Crippen molar-refractivity contribution in [2.45, 2.75) is 194 Å². The van der Waals surface area contributed by atoms with Crippen molar-refractivity contribution in [1.29, 1.82) is 0 Å². The van der Waals surface area contributed by atoms with Gasteiger partial charge in [0.25, 0.3) is 0 Å². The summed E-state index contributed by atoms with van der Waals surface area (Å²) in [6, 6.07) is 9.89. The Morgan fingerprint density at radius 1 is 0.490 bits per heavy atom. The van der Waals surface area contributed by atoms with E-state index in [0.717, 1.165) is 35.3 Å². The van der Waals surface area contributed by atoms with Crippen LogP contribution in [-0.4, -0.2) is 36.0 Å². The summed E-state index contributed by atoms with van der Waals surface area (Å²) in [6.45, 7) is 27.8. The fourth-order valence-electron chi connectivity index (χ4n) is 7.43. The summed E-state index contributed by atoms with van der Waals surface area (Å²) < 4.78 is 0. The zero-order valence-electron chi connectivity index (χ0n) is 34.4. The molecule has 0 spiro atoms. The van der Waals surface area contributed by atoms with E-state index < -0.39 is 0 Å². The molecule has 2 aromatic rings. The van der Waals surface area contributed by atoms with Crippen LogP contribution in [0.5, 0.6) is 11.5 Å². The van der Waals surface area contributed by atoms with Gasteiger partial charge in [-0.25, -0.2) is 0 Å². The maximum atomic E-state index is 13.1. The van der Waals surface area contributed by atoms with E-state index >= 15 is 0 Å². The number of hydrogen-bond donors (Lipinski definition) is 0. The van der Waals surface area contributed by atoms with E-state index in [0.29, 0.717) is 12.1 Å². The van der Waals surface area contributed by atoms with E-state index in [4.69, 9.17) is 0 Å². The zero-order chi connectivity index (χ0) is 36.2. The molecule has 2 saturated carbocycles. The van der Waals surface area contributed by atoms with E-state index in [1.165, 1.54) is 75.3 Å². The van der Waals surface area contributed by atoms with Gasteiger partial charge in [0.15, 0.2) is 0 Å². The smallest absolute Gasteiger partial charge is 0.872 e. The molecule has 4 nitrogen and oxygen atoms in total. The second kappa shape index (κ2) is 17.4. The van der Waals surface area contributed by atoms with Crippen LogP contribution in [0.15, 0.2) is 24.3 Å². The van der Waals surface area contributed by atoms with Crippen molar-refractivity contribution in [2.24, 2.45) is 0 Å². The number of hydrogen-bond acceptors (Lipinski definition) is 4. The van der Waals surface area contributed by atoms with Gasteiger partial charge in [0.2, 0.25) is 0 Å². The second-order valence-corrected chi connectivity index (χ2v) is 19.4. The molecule has 2 aliphatic carbocycles. The standard InChI is InChI=1S/2C22H37NO.Zn/c2*1-21(2,3)17-13-16(20(24)19(14-17)22(4,5)6)15-23(7)18-11-9-8-10-12-18;/h2*13-14,18,24H,8-12,15H2,1-7H3;/q;;+2/p-2. The molecule has 272 valence electrons. The van der Waals surface area contributed by atoms with E-state index in [1.807, 2.05) is 0 Å². The molecule has 0 atom stereocenters. The third kappa shape index (κ3) is 12.4. The topological polar surface area (TPSA) is 52.6 Å². The molecule has 0 unspecified atom stereocenters. The molecule has 0 radical (unpaired) electrons. The van der Waals surface area contributed by atoms with E-state index in [9.17, 15) is 10.2 Å². The van der Waals surface area contributed by atoms with Crippen molar-refractivity contribution >= 4 is 0 Å². The Balaban J connectivity index is 0.000000333. The third-order valence-corrected chi connectivity index (χ3v) is 10.9. The van der Waals surface area contributed by atoms with Gasteiger partial charge < -0.3 is 10.2 Å². The van der Waals surface area contributed by atoms with Crippen molar-refractivity contribution < 1.29 is 29.7 Å². The predicted molar refractivity (Wildman–Crippen MR) is 203 cm³/mol. The first-order valence-electron chi connectivity index (χ1n) is 19.1. The summed E-state index contributed by atoms with van der Waals surface area (Å²) in [4.78, 5) is 4.82. The number of nitrogens with zero attached hydrogens (tertiary/aromatic N) is 2. The molecule has 0 aliphatic heterocycles. The van der Waals surface area contributed by atoms with Gasteiger partial charge in [-0.3, -0.25) is 9.80 Å². The van der Waals surface area contributed by atoms with Crippen LogP contribution in [0.3, 0.4) is 0 Å². The first kappa shape index (κ1) is 43.7. The second-order valence-electron chi connectivity index (χ2n) is 19.4. The quantitative estimate of drug-likeness (QED) is 0.278. The van der Waals surface area contributed by atoms with E-state index in [1.54, 1.807) is 0 Å². The molecule has 0 N–H and O–H groups in total. The largest absolute Gasteiger partial charge is 2.00 e. The van der Waals surface area contributed by atoms with Gasteiger partial charge in [-0.05, 0) is 94.8 Å². The van der Waals surface area contributed by atoms with Crippen molar-refractivity contribution in [3.8, 4) is 11.5 Å². The van der Waals surface area contributed by atoms with Gasteiger partial charge in [-0.2, -0.15) is 0 Å². The minimum atomic E-state index is -0.115. The molecule has 5 heteroatoms. The van der Waals surface area contributed by atoms with Gasteiger partial charge in [-0.15, -0.1) is 11.5 Å². The Morgan fingerprint density at radius 2 is 0.776 bits per heavy atom.